The van der Waals surface area contributed by atoms with Crippen molar-refractivity contribution in [2.45, 2.75) is 13.1 Å². The fourth-order valence-corrected chi connectivity index (χ4v) is 3.10. The summed E-state index contributed by atoms with van der Waals surface area (Å²) in [5, 5.41) is -0.158. The summed E-state index contributed by atoms with van der Waals surface area (Å²) >= 11 is 0. The molecular formula is C12H13N3O2S. The molecule has 0 fully saturated rings. The number of nitrogens with two attached hydrogens (primary N) is 1. The second kappa shape index (κ2) is 3.93. The van der Waals surface area contributed by atoms with Crippen molar-refractivity contribution in [1.29, 1.82) is 0 Å². The highest BCUT2D eigenvalue weighted by Gasteiger charge is 2.25. The normalized spacial score (nSPS) is 21.6. The third-order valence-electron chi connectivity index (χ3n) is 3.14. The van der Waals surface area contributed by atoms with Gasteiger partial charge in [0.2, 0.25) is 0 Å². The molecule has 0 aliphatic carbocycles. The van der Waals surface area contributed by atoms with Crippen molar-refractivity contribution in [3.8, 4) is 0 Å². The Kier molecular flexibility index (Phi) is 2.49. The molecule has 0 saturated carbocycles. The topological polar surface area (TPSA) is 75.8 Å². The second-order valence-corrected chi connectivity index (χ2v) is 6.12. The van der Waals surface area contributed by atoms with Crippen LogP contribution in [0.5, 0.6) is 0 Å². The smallest absolute Gasteiger partial charge is 0.297 e. The predicted molar refractivity (Wildman–Crippen MR) is 69.2 cm³/mol. The lowest BCUT2D eigenvalue weighted by atomic mass is 10.1. The van der Waals surface area contributed by atoms with Gasteiger partial charge < -0.3 is 5.73 Å². The Morgan fingerprint density at radius 1 is 1.22 bits per heavy atom. The van der Waals surface area contributed by atoms with Crippen molar-refractivity contribution in [3.63, 3.8) is 0 Å². The first-order valence-electron chi connectivity index (χ1n) is 5.65. The van der Waals surface area contributed by atoms with Crippen molar-refractivity contribution < 1.29 is 8.42 Å². The van der Waals surface area contributed by atoms with E-state index in [1.807, 2.05) is 12.1 Å². The van der Waals surface area contributed by atoms with Gasteiger partial charge in [-0.2, -0.15) is 12.8 Å². The molecule has 1 aromatic rings. The van der Waals surface area contributed by atoms with Crippen LogP contribution in [-0.4, -0.2) is 25.6 Å². The fraction of sp³-hybridized carbons (Fsp3) is 0.250. The van der Waals surface area contributed by atoms with Gasteiger partial charge in [-0.3, -0.25) is 4.90 Å². The maximum absolute atomic E-state index is 11.4. The van der Waals surface area contributed by atoms with E-state index in [2.05, 4.69) is 21.4 Å². The minimum Gasteiger partial charge on any atom is -0.388 e. The van der Waals surface area contributed by atoms with Crippen molar-refractivity contribution in [2.75, 3.05) is 6.54 Å². The monoisotopic (exact) mass is 263 g/mol. The first-order chi connectivity index (χ1) is 8.54. The van der Waals surface area contributed by atoms with Gasteiger partial charge in [-0.15, -0.1) is 0 Å². The van der Waals surface area contributed by atoms with E-state index >= 15 is 0 Å². The number of hydrogen-bond donors (Lipinski definition) is 1. The molecule has 0 radical (unpaired) electrons. The Bertz CT molecular complexity index is 637. The summed E-state index contributed by atoms with van der Waals surface area (Å²) in [6.45, 7) is 2.15. The average Bonchev–Trinajstić information content (AvgIpc) is 2.79. The van der Waals surface area contributed by atoms with Crippen LogP contribution in [0, 0.1) is 0 Å². The van der Waals surface area contributed by atoms with Gasteiger partial charge in [0.15, 0.2) is 5.03 Å². The van der Waals surface area contributed by atoms with Gasteiger partial charge in [0.1, 0.15) is 0 Å². The third kappa shape index (κ3) is 1.93. The van der Waals surface area contributed by atoms with E-state index in [0.29, 0.717) is 12.3 Å². The molecule has 0 spiro atoms. The minimum atomic E-state index is -3.58. The summed E-state index contributed by atoms with van der Waals surface area (Å²) in [6, 6.07) is 8.20. The maximum Gasteiger partial charge on any atom is 0.297 e. The second-order valence-electron chi connectivity index (χ2n) is 4.52. The Morgan fingerprint density at radius 2 is 1.83 bits per heavy atom. The molecule has 0 aromatic heterocycles. The SMILES string of the molecule is NC1=CC(CN2Cc3ccccc3C2)=NS1(=O)=O. The van der Waals surface area contributed by atoms with Gasteiger partial charge >= 0.3 is 0 Å². The summed E-state index contributed by atoms with van der Waals surface area (Å²) < 4.78 is 26.4. The van der Waals surface area contributed by atoms with Gasteiger partial charge in [0.25, 0.3) is 10.0 Å². The zero-order valence-electron chi connectivity index (χ0n) is 9.70. The van der Waals surface area contributed by atoms with Crippen LogP contribution in [0.25, 0.3) is 0 Å². The van der Waals surface area contributed by atoms with E-state index in [4.69, 9.17) is 5.73 Å². The van der Waals surface area contributed by atoms with E-state index < -0.39 is 10.0 Å². The molecule has 0 saturated heterocycles. The minimum absolute atomic E-state index is 0.158. The Balaban J connectivity index is 1.75. The van der Waals surface area contributed by atoms with Gasteiger partial charge in [-0.05, 0) is 17.2 Å². The lowest BCUT2D eigenvalue weighted by Gasteiger charge is -2.12. The van der Waals surface area contributed by atoms with E-state index in [9.17, 15) is 8.42 Å². The fourth-order valence-electron chi connectivity index (χ4n) is 2.29. The van der Waals surface area contributed by atoms with Crippen molar-refractivity contribution in [2.24, 2.45) is 10.1 Å². The lowest BCUT2D eigenvalue weighted by molar-refractivity contribution is 0.327. The molecule has 0 atom stereocenters. The number of hydrogen-bond acceptors (Lipinski definition) is 4. The summed E-state index contributed by atoms with van der Waals surface area (Å²) in [7, 11) is -3.58. The van der Waals surface area contributed by atoms with Crippen LogP contribution in [0.15, 0.2) is 39.8 Å². The molecule has 0 bridgehead atoms. The molecule has 3 rings (SSSR count). The summed E-state index contributed by atoms with van der Waals surface area (Å²) in [6.07, 6.45) is 1.44. The molecule has 6 heteroatoms. The summed E-state index contributed by atoms with van der Waals surface area (Å²) in [4.78, 5) is 2.15. The lowest BCUT2D eigenvalue weighted by Crippen LogP contribution is -2.23. The summed E-state index contributed by atoms with van der Waals surface area (Å²) in [5.41, 5.74) is 8.49. The summed E-state index contributed by atoms with van der Waals surface area (Å²) in [5.74, 6) is 0. The number of fused-ring (bicyclic) bond motifs is 1. The van der Waals surface area contributed by atoms with E-state index in [1.54, 1.807) is 0 Å². The highest BCUT2D eigenvalue weighted by atomic mass is 32.2. The molecular weight excluding hydrogens is 250 g/mol. The molecule has 2 heterocycles. The Hall–Kier alpha value is -1.66. The van der Waals surface area contributed by atoms with Crippen LogP contribution in [0.1, 0.15) is 11.1 Å². The molecule has 2 N–H and O–H groups in total. The highest BCUT2D eigenvalue weighted by molar-refractivity contribution is 7.94. The van der Waals surface area contributed by atoms with Gasteiger partial charge in [0, 0.05) is 19.6 Å². The van der Waals surface area contributed by atoms with Crippen molar-refractivity contribution >= 4 is 15.7 Å². The third-order valence-corrected chi connectivity index (χ3v) is 4.32. The van der Waals surface area contributed by atoms with Crippen LogP contribution >= 0.6 is 0 Å². The predicted octanol–water partition coefficient (Wildman–Crippen LogP) is 0.587. The van der Waals surface area contributed by atoms with Crippen molar-refractivity contribution in [1.82, 2.24) is 4.90 Å². The molecule has 2 aliphatic rings. The molecule has 5 nitrogen and oxygen atoms in total. The van der Waals surface area contributed by atoms with Crippen LogP contribution in [0.2, 0.25) is 0 Å². The van der Waals surface area contributed by atoms with Gasteiger partial charge in [-0.1, -0.05) is 24.3 Å². The van der Waals surface area contributed by atoms with Crippen LogP contribution < -0.4 is 5.73 Å². The van der Waals surface area contributed by atoms with Crippen LogP contribution in [0.3, 0.4) is 0 Å². The van der Waals surface area contributed by atoms with Gasteiger partial charge in [-0.25, -0.2) is 0 Å². The van der Waals surface area contributed by atoms with Crippen LogP contribution in [-0.2, 0) is 23.1 Å². The zero-order valence-corrected chi connectivity index (χ0v) is 10.5. The standard InChI is InChI=1S/C12H13N3O2S/c13-12-5-11(14-18(12,16)17)8-15-6-9-3-1-2-4-10(9)7-15/h1-5H,6-8,13H2. The number of rotatable bonds is 2. The molecule has 94 valence electrons. The highest BCUT2D eigenvalue weighted by Crippen LogP contribution is 2.23. The Morgan fingerprint density at radius 3 is 2.33 bits per heavy atom. The Labute approximate surface area is 106 Å². The molecule has 1 aromatic carbocycles. The van der Waals surface area contributed by atoms with Gasteiger partial charge in [0.05, 0.1) is 5.71 Å². The van der Waals surface area contributed by atoms with E-state index in [0.717, 1.165) is 13.1 Å². The largest absolute Gasteiger partial charge is 0.388 e. The van der Waals surface area contributed by atoms with Crippen molar-refractivity contribution in [3.05, 3.63) is 46.5 Å². The molecule has 2 aliphatic heterocycles. The van der Waals surface area contributed by atoms with Crippen LogP contribution in [0.4, 0.5) is 0 Å². The number of sulfonamides is 1. The number of nitrogens with zero attached hydrogens (tertiary/aromatic N) is 2. The molecule has 18 heavy (non-hydrogen) atoms. The first-order valence-corrected chi connectivity index (χ1v) is 7.09. The molecule has 0 amide bonds. The van der Waals surface area contributed by atoms with E-state index in [-0.39, 0.29) is 5.03 Å². The maximum atomic E-state index is 11.4. The average molecular weight is 263 g/mol. The van der Waals surface area contributed by atoms with E-state index in [1.165, 1.54) is 17.2 Å². The number of benzene rings is 1. The first kappa shape index (κ1) is 11.4. The quantitative estimate of drug-likeness (QED) is 0.847. The molecule has 0 unspecified atom stereocenters. The zero-order chi connectivity index (χ0) is 12.8.